The number of imidazole rings is 1. The van der Waals surface area contributed by atoms with Crippen molar-refractivity contribution >= 4 is 23.2 Å². The number of rotatable bonds is 6. The highest BCUT2D eigenvalue weighted by atomic mass is 15.3. The number of hydrogen-bond donors (Lipinski definition) is 0. The van der Waals surface area contributed by atoms with Gasteiger partial charge in [0.15, 0.2) is 0 Å². The van der Waals surface area contributed by atoms with Crippen molar-refractivity contribution in [1.82, 2.24) is 14.5 Å². The minimum absolute atomic E-state index is 0.863. The van der Waals surface area contributed by atoms with E-state index >= 15 is 0 Å². The van der Waals surface area contributed by atoms with Crippen LogP contribution in [0, 0.1) is 0 Å². The van der Waals surface area contributed by atoms with Crippen LogP contribution < -0.4 is 0 Å². The van der Waals surface area contributed by atoms with E-state index in [1.54, 1.807) is 0 Å². The molecule has 0 atom stereocenters. The Labute approximate surface area is 137 Å². The van der Waals surface area contributed by atoms with E-state index in [4.69, 9.17) is 4.98 Å². The fourth-order valence-electron chi connectivity index (χ4n) is 2.73. The monoisotopic (exact) mass is 305 g/mol. The predicted octanol–water partition coefficient (Wildman–Crippen LogP) is 4.51. The van der Waals surface area contributed by atoms with Gasteiger partial charge in [0.25, 0.3) is 0 Å². The van der Waals surface area contributed by atoms with Gasteiger partial charge < -0.3 is 4.57 Å². The Balaban J connectivity index is 1.99. The molecule has 0 fully saturated rings. The number of hydrogen-bond acceptors (Lipinski definition) is 2. The first-order valence-corrected chi connectivity index (χ1v) is 8.22. The van der Waals surface area contributed by atoms with Crippen LogP contribution in [0.15, 0.2) is 54.6 Å². The number of para-hydroxylation sites is 2. The molecular formula is C20H23N3. The van der Waals surface area contributed by atoms with Crippen LogP contribution in [-0.4, -0.2) is 27.5 Å². The topological polar surface area (TPSA) is 21.1 Å². The molecule has 0 spiro atoms. The summed E-state index contributed by atoms with van der Waals surface area (Å²) in [5, 5.41) is 0. The molecule has 0 unspecified atom stereocenters. The Hall–Kier alpha value is -2.39. The Morgan fingerprint density at radius 1 is 0.913 bits per heavy atom. The van der Waals surface area contributed by atoms with Gasteiger partial charge in [-0.1, -0.05) is 62.4 Å². The van der Waals surface area contributed by atoms with Crippen molar-refractivity contribution in [3.8, 4) is 0 Å². The molecule has 0 saturated carbocycles. The van der Waals surface area contributed by atoms with Crippen LogP contribution in [0.4, 0.5) is 0 Å². The molecule has 23 heavy (non-hydrogen) atoms. The SMILES string of the molecule is CCN(CC)Cn1c(/C=C/c2ccccc2)nc2ccccc21. The molecule has 3 nitrogen and oxygen atoms in total. The average Bonchev–Trinajstić information content (AvgIpc) is 2.96. The average molecular weight is 305 g/mol. The van der Waals surface area contributed by atoms with Gasteiger partial charge >= 0.3 is 0 Å². The molecule has 0 aliphatic rings. The van der Waals surface area contributed by atoms with E-state index in [0.29, 0.717) is 0 Å². The van der Waals surface area contributed by atoms with Gasteiger partial charge in [0, 0.05) is 0 Å². The maximum absolute atomic E-state index is 4.80. The van der Waals surface area contributed by atoms with Crippen LogP contribution in [0.3, 0.4) is 0 Å². The first-order chi connectivity index (χ1) is 11.3. The third kappa shape index (κ3) is 3.51. The molecule has 2 aromatic carbocycles. The lowest BCUT2D eigenvalue weighted by molar-refractivity contribution is 0.245. The van der Waals surface area contributed by atoms with Gasteiger partial charge in [-0.3, -0.25) is 4.90 Å². The van der Waals surface area contributed by atoms with E-state index in [9.17, 15) is 0 Å². The van der Waals surface area contributed by atoms with E-state index < -0.39 is 0 Å². The van der Waals surface area contributed by atoms with Gasteiger partial charge in [-0.25, -0.2) is 4.98 Å². The maximum atomic E-state index is 4.80. The summed E-state index contributed by atoms with van der Waals surface area (Å²) >= 11 is 0. The molecule has 1 heterocycles. The molecule has 0 aliphatic carbocycles. The highest BCUT2D eigenvalue weighted by molar-refractivity contribution is 5.79. The first kappa shape index (κ1) is 15.5. The summed E-state index contributed by atoms with van der Waals surface area (Å²) in [6.45, 7) is 7.32. The van der Waals surface area contributed by atoms with Crippen LogP contribution in [0.5, 0.6) is 0 Å². The summed E-state index contributed by atoms with van der Waals surface area (Å²) in [6, 6.07) is 18.7. The number of nitrogens with zero attached hydrogens (tertiary/aromatic N) is 3. The molecular weight excluding hydrogens is 282 g/mol. The Kier molecular flexibility index (Phi) is 4.89. The lowest BCUT2D eigenvalue weighted by Gasteiger charge is -2.20. The van der Waals surface area contributed by atoms with Crippen molar-refractivity contribution in [3.63, 3.8) is 0 Å². The summed E-state index contributed by atoms with van der Waals surface area (Å²) in [5.41, 5.74) is 3.42. The standard InChI is InChI=1S/C20H23N3/c1-3-22(4-2)16-23-19-13-9-8-12-18(19)21-20(23)15-14-17-10-6-5-7-11-17/h5-15H,3-4,16H2,1-2H3/b15-14+. The van der Waals surface area contributed by atoms with Crippen LogP contribution in [0.1, 0.15) is 25.2 Å². The van der Waals surface area contributed by atoms with E-state index in [1.165, 1.54) is 11.1 Å². The highest BCUT2D eigenvalue weighted by Crippen LogP contribution is 2.18. The minimum atomic E-state index is 0.863. The summed E-state index contributed by atoms with van der Waals surface area (Å²) in [7, 11) is 0. The van der Waals surface area contributed by atoms with Crippen molar-refractivity contribution in [2.75, 3.05) is 13.1 Å². The third-order valence-corrected chi connectivity index (χ3v) is 4.14. The number of benzene rings is 2. The van der Waals surface area contributed by atoms with Gasteiger partial charge in [0.1, 0.15) is 5.82 Å². The zero-order chi connectivity index (χ0) is 16.1. The summed E-state index contributed by atoms with van der Waals surface area (Å²) in [4.78, 5) is 7.20. The van der Waals surface area contributed by atoms with Crippen molar-refractivity contribution in [2.24, 2.45) is 0 Å². The second-order valence-corrected chi connectivity index (χ2v) is 5.58. The number of aromatic nitrogens is 2. The lowest BCUT2D eigenvalue weighted by Crippen LogP contribution is -2.26. The van der Waals surface area contributed by atoms with Gasteiger partial charge in [0.2, 0.25) is 0 Å². The largest absolute Gasteiger partial charge is 0.311 e. The van der Waals surface area contributed by atoms with Crippen LogP contribution in [0.25, 0.3) is 23.2 Å². The molecule has 3 rings (SSSR count). The Morgan fingerprint density at radius 3 is 2.35 bits per heavy atom. The lowest BCUT2D eigenvalue weighted by atomic mass is 10.2. The zero-order valence-electron chi connectivity index (χ0n) is 13.8. The van der Waals surface area contributed by atoms with Crippen molar-refractivity contribution in [2.45, 2.75) is 20.5 Å². The van der Waals surface area contributed by atoms with Crippen LogP contribution in [-0.2, 0) is 6.67 Å². The van der Waals surface area contributed by atoms with Gasteiger partial charge in [-0.05, 0) is 36.9 Å². The van der Waals surface area contributed by atoms with Gasteiger partial charge in [-0.2, -0.15) is 0 Å². The molecule has 0 amide bonds. The molecule has 0 bridgehead atoms. The molecule has 0 radical (unpaired) electrons. The zero-order valence-corrected chi connectivity index (χ0v) is 13.8. The molecule has 0 saturated heterocycles. The second-order valence-electron chi connectivity index (χ2n) is 5.58. The fraction of sp³-hybridized carbons (Fsp3) is 0.250. The van der Waals surface area contributed by atoms with Crippen molar-refractivity contribution < 1.29 is 0 Å². The van der Waals surface area contributed by atoms with E-state index in [0.717, 1.165) is 31.1 Å². The highest BCUT2D eigenvalue weighted by Gasteiger charge is 2.10. The summed E-state index contributed by atoms with van der Waals surface area (Å²) < 4.78 is 2.29. The predicted molar refractivity (Wildman–Crippen MR) is 98.0 cm³/mol. The van der Waals surface area contributed by atoms with Gasteiger partial charge in [-0.15, -0.1) is 0 Å². The molecule has 118 valence electrons. The molecule has 3 heteroatoms. The molecule has 0 N–H and O–H groups in total. The minimum Gasteiger partial charge on any atom is -0.311 e. The normalized spacial score (nSPS) is 11.8. The quantitative estimate of drug-likeness (QED) is 0.668. The summed E-state index contributed by atoms with van der Waals surface area (Å²) in [6.07, 6.45) is 4.23. The molecule has 3 aromatic rings. The third-order valence-electron chi connectivity index (χ3n) is 4.14. The fourth-order valence-corrected chi connectivity index (χ4v) is 2.73. The summed E-state index contributed by atoms with van der Waals surface area (Å²) in [5.74, 6) is 1.00. The van der Waals surface area contributed by atoms with E-state index in [1.807, 2.05) is 12.1 Å². The van der Waals surface area contributed by atoms with E-state index in [-0.39, 0.29) is 0 Å². The van der Waals surface area contributed by atoms with Crippen LogP contribution in [0.2, 0.25) is 0 Å². The van der Waals surface area contributed by atoms with Crippen LogP contribution >= 0.6 is 0 Å². The van der Waals surface area contributed by atoms with E-state index in [2.05, 4.69) is 77.9 Å². The second kappa shape index (κ2) is 7.25. The van der Waals surface area contributed by atoms with Crippen molar-refractivity contribution in [3.05, 3.63) is 66.0 Å². The Morgan fingerprint density at radius 2 is 1.61 bits per heavy atom. The van der Waals surface area contributed by atoms with Gasteiger partial charge in [0.05, 0.1) is 17.7 Å². The molecule has 1 aromatic heterocycles. The smallest absolute Gasteiger partial charge is 0.134 e. The number of fused-ring (bicyclic) bond motifs is 1. The van der Waals surface area contributed by atoms with Crippen molar-refractivity contribution in [1.29, 1.82) is 0 Å². The maximum Gasteiger partial charge on any atom is 0.134 e. The first-order valence-electron chi connectivity index (χ1n) is 8.22. The Bertz CT molecular complexity index is 783. The molecule has 0 aliphatic heterocycles.